The number of urea groups is 1. The van der Waals surface area contributed by atoms with Crippen LogP contribution in [0.3, 0.4) is 0 Å². The first-order chi connectivity index (χ1) is 32.2. The number of fused-ring (bicyclic) bond motifs is 2. The van der Waals surface area contributed by atoms with Crippen molar-refractivity contribution in [3.05, 3.63) is 103 Å². The highest BCUT2D eigenvalue weighted by Gasteiger charge is 2.38. The minimum absolute atomic E-state index is 0.0101. The number of nitrogens with one attached hydrogen (secondary N) is 2. The number of carboxylic acids is 1. The second-order valence-corrected chi connectivity index (χ2v) is 17.5. The van der Waals surface area contributed by atoms with Gasteiger partial charge in [-0.3, -0.25) is 24.6 Å². The highest BCUT2D eigenvalue weighted by Crippen LogP contribution is 2.34. The van der Waals surface area contributed by atoms with Gasteiger partial charge in [0.1, 0.15) is 22.8 Å². The molecule has 0 aliphatic carbocycles. The Morgan fingerprint density at radius 1 is 0.941 bits per heavy atom. The molecule has 29 heteroatoms. The number of esters is 1. The van der Waals surface area contributed by atoms with E-state index in [2.05, 4.69) is 29.7 Å². The van der Waals surface area contributed by atoms with E-state index in [4.69, 9.17) is 42.5 Å². The third-order valence-electron chi connectivity index (χ3n) is 8.59. The van der Waals surface area contributed by atoms with Gasteiger partial charge in [0.2, 0.25) is 22.5 Å². The smallest absolute Gasteiger partial charge is 0.419 e. The van der Waals surface area contributed by atoms with Crippen molar-refractivity contribution >= 4 is 96.8 Å². The number of hydrogen-bond acceptors (Lipinski definition) is 17. The Balaban J connectivity index is 0.000000197. The molecule has 4 aromatic heterocycles. The second-order valence-electron chi connectivity index (χ2n) is 13.1. The summed E-state index contributed by atoms with van der Waals surface area (Å²) in [6.07, 6.45) is -0.644. The Morgan fingerprint density at radius 3 is 2.25 bits per heavy atom. The summed E-state index contributed by atoms with van der Waals surface area (Å²) in [5.74, 6) is -1.96. The van der Waals surface area contributed by atoms with Crippen molar-refractivity contribution in [3.8, 4) is 17.5 Å². The van der Waals surface area contributed by atoms with Crippen LogP contribution in [0.1, 0.15) is 18.4 Å². The molecular formula is C39H35Cl2F4N9O11S3. The Morgan fingerprint density at radius 2 is 1.60 bits per heavy atom. The first-order valence-corrected chi connectivity index (χ1v) is 23.0. The van der Waals surface area contributed by atoms with Crippen molar-refractivity contribution in [2.45, 2.75) is 42.0 Å². The number of methoxy groups -OCH3 is 3. The summed E-state index contributed by atoms with van der Waals surface area (Å²) in [5.41, 5.74) is -0.875. The molecule has 2 aromatic carbocycles. The zero-order valence-electron chi connectivity index (χ0n) is 35.2. The van der Waals surface area contributed by atoms with Crippen molar-refractivity contribution in [1.82, 2.24) is 34.0 Å². The van der Waals surface area contributed by atoms with Crippen molar-refractivity contribution in [2.24, 2.45) is 4.99 Å². The van der Waals surface area contributed by atoms with Crippen LogP contribution in [-0.2, 0) is 43.6 Å². The maximum Gasteiger partial charge on any atom is 0.419 e. The predicted molar refractivity (Wildman–Crippen MR) is 239 cm³/mol. The van der Waals surface area contributed by atoms with Crippen LogP contribution in [-0.4, -0.2) is 94.5 Å². The average molecular weight is 1050 g/mol. The number of halogens is 6. The molecule has 0 atom stereocenters. The van der Waals surface area contributed by atoms with Gasteiger partial charge in [0.05, 0.1) is 48.8 Å². The SMILES string of the molecule is COC(=O)CSc1cc(/N=c2\sc(=O)n3n2CCCC3)c(F)cc1Cl.COc1cc(OC)nc(NC(=O)NS(=O)(=O)c2ncccc2C(F)(F)F)n1.O=C(O)COc1ccc(Cl)c2cccnc12. The van der Waals surface area contributed by atoms with Crippen LogP contribution in [0.2, 0.25) is 10.0 Å². The number of nitrogens with zero attached hydrogens (tertiary/aromatic N) is 7. The topological polar surface area (TPSA) is 257 Å². The standard InChI is InChI=1S/C15H15ClFN3O3S2.C13H12F3N5O5S.C11H8ClNO3/c1-23-13(21)8-24-12-7-11(10(17)6-9(12)16)18-14-19-4-2-3-5-20(19)15(22)25-14;1-25-8-6-9(26-2)19-11(18-8)20-12(22)21-27(23,24)10-7(13(14,15)16)4-3-5-17-10;12-8-3-4-9(16-6-10(14)15)11-7(8)2-1-5-13-11/h6-7H,2-5,8H2,1H3;3-6H,1-2H3,(H2,18,19,20,21,22);1-5H,6H2,(H,14,15)/b18-14-;;. The van der Waals surface area contributed by atoms with E-state index in [1.807, 2.05) is 5.32 Å². The highest BCUT2D eigenvalue weighted by molar-refractivity contribution is 8.00. The van der Waals surface area contributed by atoms with Gasteiger partial charge in [0, 0.05) is 35.8 Å². The van der Waals surface area contributed by atoms with E-state index in [0.717, 1.165) is 59.7 Å². The summed E-state index contributed by atoms with van der Waals surface area (Å²) in [6, 6.07) is 10.8. The van der Waals surface area contributed by atoms with Gasteiger partial charge in [-0.25, -0.2) is 33.4 Å². The number of sulfonamides is 1. The Hall–Kier alpha value is -6.55. The summed E-state index contributed by atoms with van der Waals surface area (Å²) in [7, 11) is -1.09. The first kappa shape index (κ1) is 52.4. The minimum Gasteiger partial charge on any atom is -0.481 e. The lowest BCUT2D eigenvalue weighted by Crippen LogP contribution is -2.36. The number of hydrogen-bond donors (Lipinski definition) is 3. The first-order valence-electron chi connectivity index (χ1n) is 19.0. The van der Waals surface area contributed by atoms with Gasteiger partial charge in [0.25, 0.3) is 10.0 Å². The number of aliphatic carboxylic acids is 1. The summed E-state index contributed by atoms with van der Waals surface area (Å²) in [6.45, 7) is 0.929. The van der Waals surface area contributed by atoms with Crippen LogP contribution in [0, 0.1) is 5.82 Å². The van der Waals surface area contributed by atoms with E-state index < -0.39 is 63.1 Å². The fourth-order valence-corrected chi connectivity index (χ4v) is 8.85. The monoisotopic (exact) mass is 1050 g/mol. The van der Waals surface area contributed by atoms with E-state index in [-0.39, 0.29) is 33.1 Å². The molecule has 0 saturated carbocycles. The van der Waals surface area contributed by atoms with E-state index in [1.165, 1.54) is 38.2 Å². The summed E-state index contributed by atoms with van der Waals surface area (Å²) in [5, 5.41) is 10.6. The molecular weight excluding hydrogens is 1010 g/mol. The molecule has 0 saturated heterocycles. The molecule has 3 N–H and O–H groups in total. The summed E-state index contributed by atoms with van der Waals surface area (Å²) < 4.78 is 102. The van der Waals surface area contributed by atoms with E-state index >= 15 is 0 Å². The van der Waals surface area contributed by atoms with Crippen LogP contribution < -0.4 is 33.9 Å². The Labute approximate surface area is 399 Å². The van der Waals surface area contributed by atoms with E-state index in [0.29, 0.717) is 45.1 Å². The molecule has 68 heavy (non-hydrogen) atoms. The average Bonchev–Trinajstić information content (AvgIpc) is 3.62. The van der Waals surface area contributed by atoms with Gasteiger partial charge in [-0.05, 0) is 72.7 Å². The van der Waals surface area contributed by atoms with Gasteiger partial charge in [-0.1, -0.05) is 23.2 Å². The lowest BCUT2D eigenvalue weighted by molar-refractivity contribution is -0.140. The molecule has 7 rings (SSSR count). The number of rotatable bonds is 12. The maximum absolute atomic E-state index is 14.3. The number of carbonyl (C=O) groups excluding carboxylic acids is 2. The maximum atomic E-state index is 14.3. The number of anilines is 1. The second kappa shape index (κ2) is 23.5. The molecule has 1 aliphatic heterocycles. The minimum atomic E-state index is -4.99. The van der Waals surface area contributed by atoms with Crippen LogP contribution in [0.5, 0.6) is 17.5 Å². The van der Waals surface area contributed by atoms with E-state index in [9.17, 15) is 45.2 Å². The lowest BCUT2D eigenvalue weighted by Gasteiger charge is -2.15. The third-order valence-corrected chi connectivity index (χ3v) is 12.5. The fraction of sp³-hybridized carbons (Fsp3) is 0.256. The predicted octanol–water partition coefficient (Wildman–Crippen LogP) is 6.56. The van der Waals surface area contributed by atoms with Gasteiger partial charge in [-0.2, -0.15) is 31.6 Å². The van der Waals surface area contributed by atoms with Gasteiger partial charge < -0.3 is 24.1 Å². The van der Waals surface area contributed by atoms with Crippen molar-refractivity contribution in [3.63, 3.8) is 0 Å². The van der Waals surface area contributed by atoms with Crippen molar-refractivity contribution in [1.29, 1.82) is 0 Å². The number of alkyl halides is 3. The van der Waals surface area contributed by atoms with Crippen LogP contribution in [0.4, 0.5) is 34.0 Å². The fourth-order valence-electron chi connectivity index (χ4n) is 5.59. The molecule has 1 aliphatic rings. The number of pyridine rings is 2. The van der Waals surface area contributed by atoms with Crippen molar-refractivity contribution < 1.29 is 64.4 Å². The zero-order valence-corrected chi connectivity index (χ0v) is 39.2. The number of aromatic nitrogens is 6. The van der Waals surface area contributed by atoms with E-state index in [1.54, 1.807) is 39.8 Å². The van der Waals surface area contributed by atoms with Crippen LogP contribution in [0.25, 0.3) is 10.9 Å². The third kappa shape index (κ3) is 14.0. The molecule has 0 spiro atoms. The number of carboxylic acid groups (broad SMARTS) is 1. The lowest BCUT2D eigenvalue weighted by atomic mass is 10.2. The molecule has 20 nitrogen and oxygen atoms in total. The summed E-state index contributed by atoms with van der Waals surface area (Å²) in [4.78, 5) is 65.6. The largest absolute Gasteiger partial charge is 0.481 e. The molecule has 2 amide bonds. The van der Waals surface area contributed by atoms with Gasteiger partial charge in [0.15, 0.2) is 11.6 Å². The molecule has 0 fully saturated rings. The Kier molecular flexibility index (Phi) is 18.1. The van der Waals surface area contributed by atoms with Gasteiger partial charge >= 0.3 is 29.0 Å². The number of thioether (sulfide) groups is 1. The molecule has 0 radical (unpaired) electrons. The normalized spacial score (nSPS) is 12.3. The molecule has 362 valence electrons. The molecule has 0 bridgehead atoms. The molecule has 5 heterocycles. The van der Waals surface area contributed by atoms with Crippen LogP contribution in [0.15, 0.2) is 86.7 Å². The molecule has 0 unspecified atom stereocenters. The van der Waals surface area contributed by atoms with Gasteiger partial charge in [-0.15, -0.1) is 11.8 Å². The zero-order chi connectivity index (χ0) is 49.8. The highest BCUT2D eigenvalue weighted by atomic mass is 35.5. The summed E-state index contributed by atoms with van der Waals surface area (Å²) >= 11 is 14.2. The molecule has 6 aromatic rings. The van der Waals surface area contributed by atoms with Crippen molar-refractivity contribution in [2.75, 3.05) is 39.0 Å². The Bertz CT molecular complexity index is 3050. The number of carbonyl (C=O) groups is 3. The number of benzene rings is 2. The number of ether oxygens (including phenoxy) is 4. The quantitative estimate of drug-likeness (QED) is 0.0666. The number of amides is 2. The van der Waals surface area contributed by atoms with Crippen LogP contribution >= 0.6 is 46.3 Å².